The van der Waals surface area contributed by atoms with Gasteiger partial charge in [0.1, 0.15) is 0 Å². The number of hydrogen-bond acceptors (Lipinski definition) is 4. The summed E-state index contributed by atoms with van der Waals surface area (Å²) in [6.45, 7) is 4.31. The number of nitrogens with two attached hydrogens (primary N) is 1. The van der Waals surface area contributed by atoms with E-state index in [-0.39, 0.29) is 17.9 Å². The van der Waals surface area contributed by atoms with E-state index in [1.54, 1.807) is 16.8 Å². The first kappa shape index (κ1) is 14.7. The average molecular weight is 289 g/mol. The van der Waals surface area contributed by atoms with Gasteiger partial charge < -0.3 is 11.1 Å². The summed E-state index contributed by atoms with van der Waals surface area (Å²) in [5, 5.41) is 2.93. The summed E-state index contributed by atoms with van der Waals surface area (Å²) in [6, 6.07) is 9.40. The molecule has 0 aliphatic carbocycles. The Kier molecular flexibility index (Phi) is 4.87. The quantitative estimate of drug-likeness (QED) is 0.888. The summed E-state index contributed by atoms with van der Waals surface area (Å²) in [5.74, 6) is -0.306. The number of carbonyl (C=O) groups is 1. The molecule has 0 bridgehead atoms. The van der Waals surface area contributed by atoms with Gasteiger partial charge in [-0.1, -0.05) is 37.3 Å². The highest BCUT2D eigenvalue weighted by Crippen LogP contribution is 2.19. The summed E-state index contributed by atoms with van der Waals surface area (Å²) in [6.07, 6.45) is 0. The molecule has 4 nitrogen and oxygen atoms in total. The van der Waals surface area contributed by atoms with Crippen LogP contribution in [0, 0.1) is 12.8 Å². The molecule has 2 atom stereocenters. The van der Waals surface area contributed by atoms with Gasteiger partial charge in [0.15, 0.2) is 0 Å². The molecule has 20 heavy (non-hydrogen) atoms. The van der Waals surface area contributed by atoms with Gasteiger partial charge in [-0.25, -0.2) is 4.98 Å². The van der Waals surface area contributed by atoms with Crippen LogP contribution in [0.3, 0.4) is 0 Å². The van der Waals surface area contributed by atoms with Gasteiger partial charge in [-0.2, -0.15) is 0 Å². The lowest BCUT2D eigenvalue weighted by Crippen LogP contribution is -2.35. The number of amides is 1. The number of aromatic nitrogens is 1. The molecule has 2 aromatic rings. The Morgan fingerprint density at radius 3 is 2.70 bits per heavy atom. The summed E-state index contributed by atoms with van der Waals surface area (Å²) in [5.41, 5.74) is 9.88. The summed E-state index contributed by atoms with van der Waals surface area (Å²) >= 11 is 1.55. The minimum atomic E-state index is -0.293. The van der Waals surface area contributed by atoms with E-state index < -0.39 is 0 Å². The van der Waals surface area contributed by atoms with Crippen molar-refractivity contribution in [1.82, 2.24) is 10.3 Å². The van der Waals surface area contributed by atoms with E-state index in [1.165, 1.54) is 0 Å². The molecule has 0 fully saturated rings. The molecule has 3 N–H and O–H groups in total. The highest BCUT2D eigenvalue weighted by Gasteiger charge is 2.22. The van der Waals surface area contributed by atoms with Gasteiger partial charge in [0.25, 0.3) is 0 Å². The zero-order valence-electron chi connectivity index (χ0n) is 11.7. The monoisotopic (exact) mass is 289 g/mol. The van der Waals surface area contributed by atoms with E-state index in [1.807, 2.05) is 44.2 Å². The van der Waals surface area contributed by atoms with Crippen LogP contribution in [-0.2, 0) is 11.3 Å². The van der Waals surface area contributed by atoms with Crippen LogP contribution in [-0.4, -0.2) is 10.9 Å². The molecule has 1 heterocycles. The fourth-order valence-corrected chi connectivity index (χ4v) is 2.67. The van der Waals surface area contributed by atoms with Gasteiger partial charge in [0.2, 0.25) is 5.91 Å². The number of aryl methyl sites for hydroxylation is 1. The van der Waals surface area contributed by atoms with Crippen LogP contribution >= 0.6 is 11.3 Å². The molecule has 2 rings (SSSR count). The number of carbonyl (C=O) groups excluding carboxylic acids is 1. The first-order valence-electron chi connectivity index (χ1n) is 6.56. The lowest BCUT2D eigenvalue weighted by molar-refractivity contribution is -0.125. The molecular weight excluding hydrogens is 270 g/mol. The maximum atomic E-state index is 12.2. The van der Waals surface area contributed by atoms with E-state index in [9.17, 15) is 4.79 Å². The van der Waals surface area contributed by atoms with Gasteiger partial charge in [-0.15, -0.1) is 11.3 Å². The second-order valence-corrected chi connectivity index (χ2v) is 5.74. The molecule has 0 saturated heterocycles. The van der Waals surface area contributed by atoms with Gasteiger partial charge in [0.05, 0.1) is 23.7 Å². The molecule has 0 aliphatic rings. The van der Waals surface area contributed by atoms with Crippen LogP contribution in [0.5, 0.6) is 0 Å². The molecule has 2 unspecified atom stereocenters. The number of thiazole rings is 1. The van der Waals surface area contributed by atoms with E-state index in [2.05, 4.69) is 10.3 Å². The smallest absolute Gasteiger partial charge is 0.225 e. The Balaban J connectivity index is 1.93. The maximum absolute atomic E-state index is 12.2. The fourth-order valence-electron chi connectivity index (χ4n) is 1.95. The first-order valence-corrected chi connectivity index (χ1v) is 7.44. The number of hydrogen-bond donors (Lipinski definition) is 2. The van der Waals surface area contributed by atoms with Gasteiger partial charge in [0, 0.05) is 10.9 Å². The molecule has 5 heteroatoms. The normalized spacial score (nSPS) is 13.8. The van der Waals surface area contributed by atoms with Gasteiger partial charge in [-0.05, 0) is 12.5 Å². The Morgan fingerprint density at radius 2 is 2.10 bits per heavy atom. The van der Waals surface area contributed by atoms with Crippen molar-refractivity contribution < 1.29 is 4.79 Å². The standard InChI is InChI=1S/C15H19N3OS/c1-10(14(16)12-6-4-3-5-7-12)15(19)17-8-13-11(2)18-9-20-13/h3-7,9-10,14H,8,16H2,1-2H3,(H,17,19). The predicted octanol–water partition coefficient (Wildman–Crippen LogP) is 2.40. The molecule has 0 saturated carbocycles. The third kappa shape index (κ3) is 3.43. The van der Waals surface area contributed by atoms with Crippen LogP contribution in [0.1, 0.15) is 29.1 Å². The molecule has 1 aromatic carbocycles. The molecule has 0 aliphatic heterocycles. The van der Waals surface area contributed by atoms with Crippen LogP contribution in [0.4, 0.5) is 0 Å². The van der Waals surface area contributed by atoms with E-state index >= 15 is 0 Å². The van der Waals surface area contributed by atoms with Crippen LogP contribution in [0.2, 0.25) is 0 Å². The topological polar surface area (TPSA) is 68.0 Å². The minimum Gasteiger partial charge on any atom is -0.351 e. The number of nitrogens with zero attached hydrogens (tertiary/aromatic N) is 1. The van der Waals surface area contributed by atoms with Crippen molar-refractivity contribution in [3.63, 3.8) is 0 Å². The number of nitrogens with one attached hydrogen (secondary N) is 1. The second kappa shape index (κ2) is 6.63. The first-order chi connectivity index (χ1) is 9.59. The van der Waals surface area contributed by atoms with E-state index in [0.29, 0.717) is 6.54 Å². The van der Waals surface area contributed by atoms with Gasteiger partial charge in [-0.3, -0.25) is 4.79 Å². The number of benzene rings is 1. The largest absolute Gasteiger partial charge is 0.351 e. The Labute approximate surface area is 123 Å². The Morgan fingerprint density at radius 1 is 1.40 bits per heavy atom. The van der Waals surface area contributed by atoms with Crippen LogP contribution in [0.15, 0.2) is 35.8 Å². The highest BCUT2D eigenvalue weighted by molar-refractivity contribution is 7.09. The van der Waals surface area contributed by atoms with Crippen molar-refractivity contribution in [3.8, 4) is 0 Å². The fraction of sp³-hybridized carbons (Fsp3) is 0.333. The lowest BCUT2D eigenvalue weighted by atomic mass is 9.95. The summed E-state index contributed by atoms with van der Waals surface area (Å²) < 4.78 is 0. The van der Waals surface area contributed by atoms with Crippen molar-refractivity contribution in [1.29, 1.82) is 0 Å². The van der Waals surface area contributed by atoms with Crippen molar-refractivity contribution in [2.45, 2.75) is 26.4 Å². The Bertz CT molecular complexity index is 568. The van der Waals surface area contributed by atoms with E-state index in [4.69, 9.17) is 5.73 Å². The third-order valence-corrected chi connectivity index (χ3v) is 4.34. The zero-order valence-corrected chi connectivity index (χ0v) is 12.5. The van der Waals surface area contributed by atoms with Crippen molar-refractivity contribution in [2.24, 2.45) is 11.7 Å². The number of rotatable bonds is 5. The Hall–Kier alpha value is -1.72. The molecule has 1 aromatic heterocycles. The van der Waals surface area contributed by atoms with Crippen molar-refractivity contribution >= 4 is 17.2 Å². The minimum absolute atomic E-state index is 0.0332. The molecule has 0 spiro atoms. The second-order valence-electron chi connectivity index (χ2n) is 4.80. The summed E-state index contributed by atoms with van der Waals surface area (Å²) in [7, 11) is 0. The van der Waals surface area contributed by atoms with Crippen LogP contribution < -0.4 is 11.1 Å². The molecule has 0 radical (unpaired) electrons. The SMILES string of the molecule is Cc1ncsc1CNC(=O)C(C)C(N)c1ccccc1. The zero-order chi connectivity index (χ0) is 14.5. The molecule has 106 valence electrons. The van der Waals surface area contributed by atoms with Crippen molar-refractivity contribution in [2.75, 3.05) is 0 Å². The maximum Gasteiger partial charge on any atom is 0.225 e. The average Bonchev–Trinajstić information content (AvgIpc) is 2.89. The van der Waals surface area contributed by atoms with Crippen molar-refractivity contribution in [3.05, 3.63) is 52.0 Å². The van der Waals surface area contributed by atoms with Gasteiger partial charge >= 0.3 is 0 Å². The molecular formula is C15H19N3OS. The predicted molar refractivity (Wildman–Crippen MR) is 81.2 cm³/mol. The molecule has 1 amide bonds. The van der Waals surface area contributed by atoms with Crippen LogP contribution in [0.25, 0.3) is 0 Å². The summed E-state index contributed by atoms with van der Waals surface area (Å²) in [4.78, 5) is 17.4. The lowest BCUT2D eigenvalue weighted by Gasteiger charge is -2.19. The van der Waals surface area contributed by atoms with E-state index in [0.717, 1.165) is 16.1 Å². The third-order valence-electron chi connectivity index (χ3n) is 3.40. The highest BCUT2D eigenvalue weighted by atomic mass is 32.1.